The molecular formula is C26H27FN4O3. The summed E-state index contributed by atoms with van der Waals surface area (Å²) in [5.74, 6) is 1.66. The van der Waals surface area contributed by atoms with Crippen molar-refractivity contribution < 1.29 is 18.7 Å². The van der Waals surface area contributed by atoms with Crippen LogP contribution >= 0.6 is 0 Å². The fourth-order valence-electron chi connectivity index (χ4n) is 4.48. The van der Waals surface area contributed by atoms with Gasteiger partial charge in [-0.15, -0.1) is 0 Å². The van der Waals surface area contributed by atoms with Crippen molar-refractivity contribution in [1.29, 1.82) is 0 Å². The molecule has 0 bridgehead atoms. The quantitative estimate of drug-likeness (QED) is 0.558. The second-order valence-corrected chi connectivity index (χ2v) is 8.73. The van der Waals surface area contributed by atoms with Gasteiger partial charge in [-0.05, 0) is 67.8 Å². The molecule has 2 unspecified atom stereocenters. The predicted molar refractivity (Wildman–Crippen MR) is 127 cm³/mol. The summed E-state index contributed by atoms with van der Waals surface area (Å²) in [5.41, 5.74) is 4.45. The molecule has 0 saturated carbocycles. The minimum absolute atomic E-state index is 0.0736. The molecule has 0 N–H and O–H groups in total. The number of imidazole rings is 1. The molecule has 2 atom stereocenters. The van der Waals surface area contributed by atoms with Crippen LogP contribution in [0.3, 0.4) is 0 Å². The average molecular weight is 463 g/mol. The van der Waals surface area contributed by atoms with E-state index in [1.807, 2.05) is 61.9 Å². The monoisotopic (exact) mass is 462 g/mol. The summed E-state index contributed by atoms with van der Waals surface area (Å²) < 4.78 is 27.9. The lowest BCUT2D eigenvalue weighted by Crippen LogP contribution is -2.49. The highest BCUT2D eigenvalue weighted by molar-refractivity contribution is 6.01. The highest BCUT2D eigenvalue weighted by Gasteiger charge is 2.37. The first kappa shape index (κ1) is 22.0. The maximum atomic E-state index is 14.1. The van der Waals surface area contributed by atoms with E-state index in [0.29, 0.717) is 30.5 Å². The molecule has 0 amide bonds. The van der Waals surface area contributed by atoms with E-state index in [-0.39, 0.29) is 18.0 Å². The molecule has 0 aliphatic carbocycles. The Morgan fingerprint density at radius 2 is 2.03 bits per heavy atom. The second-order valence-electron chi connectivity index (χ2n) is 8.73. The molecule has 2 aliphatic heterocycles. The zero-order chi connectivity index (χ0) is 23.8. The first-order valence-electron chi connectivity index (χ1n) is 11.2. The number of aryl methyl sites for hydroxylation is 2. The number of benzene rings is 2. The minimum atomic E-state index is -0.253. The molecule has 3 aromatic rings. The van der Waals surface area contributed by atoms with Crippen molar-refractivity contribution >= 4 is 11.9 Å². The Hall–Kier alpha value is -3.81. The molecule has 2 aliphatic rings. The lowest BCUT2D eigenvalue weighted by molar-refractivity contribution is 0.0122. The van der Waals surface area contributed by atoms with Crippen LogP contribution in [0.1, 0.15) is 35.3 Å². The fourth-order valence-corrected chi connectivity index (χ4v) is 4.48. The SMILES string of the molecule is COc1cc(/C=C2\OC(C)CN3C2=NOCC3c2cc(C)cc(F)c2)ccc1-n1cnc(C)c1. The van der Waals surface area contributed by atoms with Crippen LogP contribution in [-0.4, -0.2) is 46.7 Å². The number of halogens is 1. The van der Waals surface area contributed by atoms with Gasteiger partial charge in [-0.1, -0.05) is 17.3 Å². The second kappa shape index (κ2) is 8.85. The lowest BCUT2D eigenvalue weighted by atomic mass is 10.0. The summed E-state index contributed by atoms with van der Waals surface area (Å²) in [6.45, 7) is 6.82. The lowest BCUT2D eigenvalue weighted by Gasteiger charge is -2.42. The Balaban J connectivity index is 1.49. The molecule has 0 radical (unpaired) electrons. The van der Waals surface area contributed by atoms with Crippen LogP contribution in [-0.2, 0) is 9.57 Å². The number of nitrogens with zero attached hydrogens (tertiary/aromatic N) is 4. The van der Waals surface area contributed by atoms with Crippen LogP contribution in [0.2, 0.25) is 0 Å². The standard InChI is InChI=1S/C26H27FN4O3/c1-16-7-20(11-21(27)8-16)23-14-33-29-26-25(34-18(3)13-31(23)26)10-19-5-6-22(24(9-19)32-4)30-12-17(2)28-15-30/h5-12,15,18,23H,13-14H2,1-4H3/b25-10-. The van der Waals surface area contributed by atoms with Crippen molar-refractivity contribution in [2.24, 2.45) is 5.16 Å². The van der Waals surface area contributed by atoms with E-state index in [4.69, 9.17) is 14.3 Å². The van der Waals surface area contributed by atoms with Crippen LogP contribution in [0, 0.1) is 19.7 Å². The van der Waals surface area contributed by atoms with Crippen molar-refractivity contribution in [2.75, 3.05) is 20.3 Å². The summed E-state index contributed by atoms with van der Waals surface area (Å²) in [4.78, 5) is 12.0. The molecule has 176 valence electrons. The molecule has 8 heteroatoms. The van der Waals surface area contributed by atoms with Gasteiger partial charge in [-0.3, -0.25) is 0 Å². The van der Waals surface area contributed by atoms with E-state index < -0.39 is 0 Å². The number of ether oxygens (including phenoxy) is 2. The Bertz CT molecular complexity index is 1260. The van der Waals surface area contributed by atoms with E-state index in [9.17, 15) is 4.39 Å². The maximum Gasteiger partial charge on any atom is 0.211 e. The van der Waals surface area contributed by atoms with Crippen molar-refractivity contribution in [2.45, 2.75) is 32.9 Å². The van der Waals surface area contributed by atoms with Gasteiger partial charge in [0.15, 0.2) is 5.76 Å². The van der Waals surface area contributed by atoms with E-state index in [1.165, 1.54) is 6.07 Å². The molecule has 3 heterocycles. The van der Waals surface area contributed by atoms with Crippen molar-refractivity contribution in [3.05, 3.63) is 82.9 Å². The number of hydrogen-bond donors (Lipinski definition) is 0. The number of morpholine rings is 1. The first-order chi connectivity index (χ1) is 16.4. The Morgan fingerprint density at radius 3 is 2.76 bits per heavy atom. The van der Waals surface area contributed by atoms with Crippen molar-refractivity contribution in [3.63, 3.8) is 0 Å². The number of rotatable bonds is 4. The van der Waals surface area contributed by atoms with Gasteiger partial charge in [0, 0.05) is 6.20 Å². The van der Waals surface area contributed by atoms with Crippen LogP contribution in [0.25, 0.3) is 11.8 Å². The summed E-state index contributed by atoms with van der Waals surface area (Å²) in [7, 11) is 1.64. The highest BCUT2D eigenvalue weighted by Crippen LogP contribution is 2.33. The Kier molecular flexibility index (Phi) is 5.73. The van der Waals surface area contributed by atoms with E-state index >= 15 is 0 Å². The van der Waals surface area contributed by atoms with Gasteiger partial charge in [-0.2, -0.15) is 0 Å². The van der Waals surface area contributed by atoms with Crippen LogP contribution < -0.4 is 4.74 Å². The smallest absolute Gasteiger partial charge is 0.211 e. The Labute approximate surface area is 198 Å². The third kappa shape index (κ3) is 4.23. The molecule has 1 aromatic heterocycles. The summed E-state index contributed by atoms with van der Waals surface area (Å²) >= 11 is 0. The average Bonchev–Trinajstić information content (AvgIpc) is 3.24. The van der Waals surface area contributed by atoms with Gasteiger partial charge < -0.3 is 23.8 Å². The van der Waals surface area contributed by atoms with Crippen molar-refractivity contribution in [3.8, 4) is 11.4 Å². The maximum absolute atomic E-state index is 14.1. The number of methoxy groups -OCH3 is 1. The largest absolute Gasteiger partial charge is 0.495 e. The minimum Gasteiger partial charge on any atom is -0.495 e. The zero-order valence-corrected chi connectivity index (χ0v) is 19.7. The van der Waals surface area contributed by atoms with Crippen molar-refractivity contribution in [1.82, 2.24) is 14.5 Å². The summed E-state index contributed by atoms with van der Waals surface area (Å²) in [6.07, 6.45) is 5.56. The fraction of sp³-hybridized carbons (Fsp3) is 0.308. The predicted octanol–water partition coefficient (Wildman–Crippen LogP) is 4.78. The van der Waals surface area contributed by atoms with E-state index in [1.54, 1.807) is 19.5 Å². The molecule has 7 nitrogen and oxygen atoms in total. The van der Waals surface area contributed by atoms with E-state index in [2.05, 4.69) is 15.0 Å². The van der Waals surface area contributed by atoms with Gasteiger partial charge in [0.05, 0.1) is 37.4 Å². The van der Waals surface area contributed by atoms with Gasteiger partial charge in [-0.25, -0.2) is 9.37 Å². The third-order valence-corrected chi connectivity index (χ3v) is 5.97. The van der Waals surface area contributed by atoms with Crippen LogP contribution in [0.4, 0.5) is 4.39 Å². The zero-order valence-electron chi connectivity index (χ0n) is 19.7. The molecule has 0 spiro atoms. The molecule has 34 heavy (non-hydrogen) atoms. The molecule has 2 aromatic carbocycles. The van der Waals surface area contributed by atoms with Gasteiger partial charge >= 0.3 is 0 Å². The number of aromatic nitrogens is 2. The third-order valence-electron chi connectivity index (χ3n) is 5.97. The van der Waals surface area contributed by atoms with Crippen LogP contribution in [0.5, 0.6) is 5.75 Å². The summed E-state index contributed by atoms with van der Waals surface area (Å²) in [5, 5.41) is 4.31. The molecular weight excluding hydrogens is 435 g/mol. The number of fused-ring (bicyclic) bond motifs is 1. The molecule has 5 rings (SSSR count). The number of oxime groups is 1. The number of amidine groups is 1. The van der Waals surface area contributed by atoms with Gasteiger partial charge in [0.25, 0.3) is 0 Å². The molecule has 1 fully saturated rings. The van der Waals surface area contributed by atoms with Crippen LogP contribution in [0.15, 0.2) is 59.8 Å². The number of hydrogen-bond acceptors (Lipinski definition) is 6. The normalized spacial score (nSPS) is 20.9. The van der Waals surface area contributed by atoms with Gasteiger partial charge in [0.2, 0.25) is 5.84 Å². The summed E-state index contributed by atoms with van der Waals surface area (Å²) in [6, 6.07) is 10.8. The topological polar surface area (TPSA) is 61.1 Å². The van der Waals surface area contributed by atoms with E-state index in [0.717, 1.165) is 28.1 Å². The Morgan fingerprint density at radius 1 is 1.18 bits per heavy atom. The van der Waals surface area contributed by atoms with Gasteiger partial charge in [0.1, 0.15) is 24.3 Å². The highest BCUT2D eigenvalue weighted by atomic mass is 19.1. The first-order valence-corrected chi connectivity index (χ1v) is 11.2. The molecule has 1 saturated heterocycles.